The number of carbonyl (C=O) groups excluding carboxylic acids is 2. The number of hydrogen-bond donors (Lipinski definition) is 1. The van der Waals surface area contributed by atoms with Gasteiger partial charge < -0.3 is 15.5 Å². The fourth-order valence-electron chi connectivity index (χ4n) is 4.37. The first-order chi connectivity index (χ1) is 13.1. The summed E-state index contributed by atoms with van der Waals surface area (Å²) in [4.78, 5) is 34.3. The predicted octanol–water partition coefficient (Wildman–Crippen LogP) is 2.57. The van der Waals surface area contributed by atoms with Crippen molar-refractivity contribution in [1.29, 1.82) is 0 Å². The molecule has 27 heavy (non-hydrogen) atoms. The molecular formula is C20H24N4O2S. The summed E-state index contributed by atoms with van der Waals surface area (Å²) in [5, 5.41) is 2.07. The second-order valence-corrected chi connectivity index (χ2v) is 8.18. The Bertz CT molecular complexity index is 838. The van der Waals surface area contributed by atoms with Gasteiger partial charge in [-0.15, -0.1) is 11.3 Å². The molecule has 1 aromatic heterocycles. The van der Waals surface area contributed by atoms with Gasteiger partial charge in [0.05, 0.1) is 0 Å². The lowest BCUT2D eigenvalue weighted by Crippen LogP contribution is -2.61. The van der Waals surface area contributed by atoms with E-state index in [0.717, 1.165) is 38.6 Å². The van der Waals surface area contributed by atoms with Crippen LogP contribution in [0.15, 0.2) is 35.7 Å². The first-order valence-corrected chi connectivity index (χ1v) is 10.3. The van der Waals surface area contributed by atoms with Crippen molar-refractivity contribution in [3.63, 3.8) is 0 Å². The lowest BCUT2D eigenvalue weighted by Gasteiger charge is -2.44. The second kappa shape index (κ2) is 7.31. The third-order valence-corrected chi connectivity index (χ3v) is 6.37. The number of carbonyl (C=O) groups is 2. The van der Waals surface area contributed by atoms with Gasteiger partial charge in [0.1, 0.15) is 11.2 Å². The van der Waals surface area contributed by atoms with E-state index < -0.39 is 5.54 Å². The number of thiazole rings is 1. The van der Waals surface area contributed by atoms with Gasteiger partial charge in [0.15, 0.2) is 5.13 Å². The summed E-state index contributed by atoms with van der Waals surface area (Å²) >= 11 is 1.26. The Morgan fingerprint density at radius 2 is 1.93 bits per heavy atom. The van der Waals surface area contributed by atoms with Crippen LogP contribution in [0.2, 0.25) is 0 Å². The number of piperidine rings is 1. The molecule has 2 N–H and O–H groups in total. The molecule has 1 spiro atoms. The Morgan fingerprint density at radius 1 is 1.19 bits per heavy atom. The maximum absolute atomic E-state index is 13.4. The molecule has 2 aliphatic heterocycles. The molecule has 2 aliphatic rings. The van der Waals surface area contributed by atoms with E-state index in [0.29, 0.717) is 23.9 Å². The molecule has 2 fully saturated rings. The Balaban J connectivity index is 1.52. The van der Waals surface area contributed by atoms with Gasteiger partial charge in [-0.25, -0.2) is 4.98 Å². The molecule has 0 saturated carbocycles. The topological polar surface area (TPSA) is 79.5 Å². The van der Waals surface area contributed by atoms with Crippen LogP contribution in [0, 0.1) is 0 Å². The zero-order valence-corrected chi connectivity index (χ0v) is 16.1. The molecule has 4 rings (SSSR count). The highest BCUT2D eigenvalue weighted by atomic mass is 32.1. The number of hydrogen-bond acceptors (Lipinski definition) is 5. The quantitative estimate of drug-likeness (QED) is 0.879. The summed E-state index contributed by atoms with van der Waals surface area (Å²) in [6.07, 6.45) is 4.07. The summed E-state index contributed by atoms with van der Waals surface area (Å²) in [5.74, 6) is -0.0718. The van der Waals surface area contributed by atoms with Crippen molar-refractivity contribution in [3.8, 4) is 0 Å². The number of anilines is 1. The normalized spacial score (nSPS) is 22.6. The first kappa shape index (κ1) is 18.0. The minimum Gasteiger partial charge on any atom is -0.375 e. The number of aromatic nitrogens is 1. The smallest absolute Gasteiger partial charge is 0.274 e. The maximum atomic E-state index is 13.4. The summed E-state index contributed by atoms with van der Waals surface area (Å²) in [5.41, 5.74) is 6.57. The maximum Gasteiger partial charge on any atom is 0.274 e. The second-order valence-electron chi connectivity index (χ2n) is 7.29. The highest BCUT2D eigenvalue weighted by Crippen LogP contribution is 2.39. The van der Waals surface area contributed by atoms with Crippen molar-refractivity contribution in [1.82, 2.24) is 14.8 Å². The number of benzene rings is 1. The molecule has 2 aromatic rings. The highest BCUT2D eigenvalue weighted by Gasteiger charge is 2.52. The van der Waals surface area contributed by atoms with E-state index in [9.17, 15) is 9.59 Å². The van der Waals surface area contributed by atoms with Crippen LogP contribution < -0.4 is 5.73 Å². The van der Waals surface area contributed by atoms with Gasteiger partial charge >= 0.3 is 0 Å². The van der Waals surface area contributed by atoms with Crippen molar-refractivity contribution in [3.05, 3.63) is 47.0 Å². The van der Waals surface area contributed by atoms with Crippen LogP contribution in [0.1, 0.15) is 41.7 Å². The van der Waals surface area contributed by atoms with Gasteiger partial charge in [-0.3, -0.25) is 9.59 Å². The molecule has 1 unspecified atom stereocenters. The fourth-order valence-corrected chi connectivity index (χ4v) is 4.91. The van der Waals surface area contributed by atoms with E-state index in [2.05, 4.69) is 17.1 Å². The van der Waals surface area contributed by atoms with E-state index in [1.807, 2.05) is 23.1 Å². The van der Waals surface area contributed by atoms with Crippen LogP contribution in [0.4, 0.5) is 5.13 Å². The average molecular weight is 385 g/mol. The minimum absolute atomic E-state index is 0.0960. The third-order valence-electron chi connectivity index (χ3n) is 5.69. The van der Waals surface area contributed by atoms with Crippen molar-refractivity contribution >= 4 is 28.3 Å². The molecule has 1 aromatic carbocycles. The molecule has 1 atom stereocenters. The number of nitrogen functional groups attached to an aromatic ring is 1. The van der Waals surface area contributed by atoms with Crippen LogP contribution in [0.3, 0.4) is 0 Å². The van der Waals surface area contributed by atoms with Gasteiger partial charge in [-0.1, -0.05) is 30.3 Å². The van der Waals surface area contributed by atoms with Crippen LogP contribution in [-0.4, -0.2) is 51.8 Å². The van der Waals surface area contributed by atoms with E-state index >= 15 is 0 Å². The summed E-state index contributed by atoms with van der Waals surface area (Å²) < 4.78 is 0. The van der Waals surface area contributed by atoms with Crippen LogP contribution in [0.5, 0.6) is 0 Å². The van der Waals surface area contributed by atoms with Crippen molar-refractivity contribution in [2.45, 2.75) is 37.6 Å². The number of likely N-dealkylation sites (tertiary alicyclic amines) is 2. The Morgan fingerprint density at radius 3 is 2.63 bits per heavy atom. The molecule has 0 aliphatic carbocycles. The van der Waals surface area contributed by atoms with Gasteiger partial charge in [0.25, 0.3) is 5.91 Å². The van der Waals surface area contributed by atoms with E-state index in [-0.39, 0.29) is 11.8 Å². The molecule has 6 nitrogen and oxygen atoms in total. The first-order valence-electron chi connectivity index (χ1n) is 9.46. The lowest BCUT2D eigenvalue weighted by molar-refractivity contribution is -0.145. The zero-order valence-electron chi connectivity index (χ0n) is 15.3. The molecule has 0 radical (unpaired) electrons. The largest absolute Gasteiger partial charge is 0.375 e. The number of amides is 2. The fraction of sp³-hybridized carbons (Fsp3) is 0.450. The van der Waals surface area contributed by atoms with E-state index in [4.69, 9.17) is 5.73 Å². The summed E-state index contributed by atoms with van der Waals surface area (Å²) in [6.45, 7) is 2.06. The van der Waals surface area contributed by atoms with E-state index in [1.165, 1.54) is 16.9 Å². The van der Waals surface area contributed by atoms with Crippen LogP contribution >= 0.6 is 11.3 Å². The van der Waals surface area contributed by atoms with E-state index in [1.54, 1.807) is 10.3 Å². The highest BCUT2D eigenvalue weighted by molar-refractivity contribution is 7.13. The molecule has 2 amide bonds. The van der Waals surface area contributed by atoms with Crippen LogP contribution in [0.25, 0.3) is 0 Å². The molecular weight excluding hydrogens is 360 g/mol. The molecule has 7 heteroatoms. The van der Waals surface area contributed by atoms with Crippen molar-refractivity contribution in [2.75, 3.05) is 25.4 Å². The SMILES string of the molecule is Nc1nc(C(=O)N2CCCC23CCCN(CCc2ccccc2)C3=O)cs1. The monoisotopic (exact) mass is 384 g/mol. The van der Waals surface area contributed by atoms with Gasteiger partial charge in [-0.2, -0.15) is 0 Å². The number of nitrogens with two attached hydrogens (primary N) is 1. The Hall–Kier alpha value is -2.41. The van der Waals surface area contributed by atoms with Gasteiger partial charge in [0.2, 0.25) is 5.91 Å². The number of rotatable bonds is 4. The van der Waals surface area contributed by atoms with Crippen molar-refractivity contribution < 1.29 is 9.59 Å². The van der Waals surface area contributed by atoms with Crippen molar-refractivity contribution in [2.24, 2.45) is 0 Å². The molecule has 0 bridgehead atoms. The molecule has 2 saturated heterocycles. The molecule has 3 heterocycles. The summed E-state index contributed by atoms with van der Waals surface area (Å²) in [7, 11) is 0. The van der Waals surface area contributed by atoms with Gasteiger partial charge in [-0.05, 0) is 37.7 Å². The zero-order chi connectivity index (χ0) is 18.9. The third kappa shape index (κ3) is 3.32. The Labute approximate surface area is 163 Å². The standard InChI is InChI=1S/C20H24N4O2S/c21-19-22-16(14-27-19)17(25)24-12-5-10-20(24)9-4-11-23(18(20)26)13-8-15-6-2-1-3-7-15/h1-3,6-7,14H,4-5,8-13H2,(H2,21,22). The lowest BCUT2D eigenvalue weighted by atomic mass is 9.85. The predicted molar refractivity (Wildman–Crippen MR) is 105 cm³/mol. The van der Waals surface area contributed by atoms with Gasteiger partial charge in [0, 0.05) is 25.0 Å². The average Bonchev–Trinajstić information content (AvgIpc) is 3.30. The molecule has 142 valence electrons. The Kier molecular flexibility index (Phi) is 4.86. The van der Waals surface area contributed by atoms with Crippen LogP contribution in [-0.2, 0) is 11.2 Å². The summed E-state index contributed by atoms with van der Waals surface area (Å²) in [6, 6.07) is 10.2. The minimum atomic E-state index is -0.704. The number of nitrogens with zero attached hydrogens (tertiary/aromatic N) is 3.